The van der Waals surface area contributed by atoms with Crippen molar-refractivity contribution >= 4 is 0 Å². The molecule has 16 heavy (non-hydrogen) atoms. The van der Waals surface area contributed by atoms with Crippen molar-refractivity contribution < 1.29 is 18.6 Å². The summed E-state index contributed by atoms with van der Waals surface area (Å²) in [7, 11) is 0. The molecule has 2 rings (SSSR count). The van der Waals surface area contributed by atoms with Crippen LogP contribution in [0.2, 0.25) is 0 Å². The molecule has 1 aliphatic heterocycles. The van der Waals surface area contributed by atoms with E-state index in [1.165, 1.54) is 12.1 Å². The van der Waals surface area contributed by atoms with Crippen LogP contribution in [0.4, 0.5) is 8.78 Å². The molecule has 0 amide bonds. The summed E-state index contributed by atoms with van der Waals surface area (Å²) in [5.41, 5.74) is 0.778. The molecular formula is C12H14F2O2. The van der Waals surface area contributed by atoms with Gasteiger partial charge >= 0.3 is 0 Å². The summed E-state index contributed by atoms with van der Waals surface area (Å²) >= 11 is 0. The van der Waals surface area contributed by atoms with E-state index in [-0.39, 0.29) is 11.7 Å². The highest BCUT2D eigenvalue weighted by molar-refractivity contribution is 5.41. The van der Waals surface area contributed by atoms with Crippen LogP contribution in [0, 0.1) is 0 Å². The third-order valence-electron chi connectivity index (χ3n) is 2.74. The van der Waals surface area contributed by atoms with Gasteiger partial charge in [-0.05, 0) is 30.7 Å². The topological polar surface area (TPSA) is 29.5 Å². The fraction of sp³-hybridized carbons (Fsp3) is 0.500. The summed E-state index contributed by atoms with van der Waals surface area (Å²) in [5, 5.41) is 8.59. The number of aliphatic hydroxyl groups excluding tert-OH is 1. The Labute approximate surface area is 92.9 Å². The zero-order chi connectivity index (χ0) is 11.8. The van der Waals surface area contributed by atoms with Crippen LogP contribution in [0.25, 0.3) is 0 Å². The Morgan fingerprint density at radius 2 is 2.25 bits per heavy atom. The third kappa shape index (κ3) is 2.02. The zero-order valence-corrected chi connectivity index (χ0v) is 9.04. The number of hydrogen-bond acceptors (Lipinski definition) is 2. The summed E-state index contributed by atoms with van der Waals surface area (Å²) < 4.78 is 32.5. The number of hydrogen-bond donors (Lipinski definition) is 1. The minimum absolute atomic E-state index is 0.0435. The first kappa shape index (κ1) is 11.3. The molecule has 1 heterocycles. The maximum Gasteiger partial charge on any atom is 0.275 e. The molecule has 0 aliphatic carbocycles. The van der Waals surface area contributed by atoms with Crippen molar-refractivity contribution in [2.75, 3.05) is 6.61 Å². The van der Waals surface area contributed by atoms with E-state index < -0.39 is 19.0 Å². The largest absolute Gasteiger partial charge is 0.490 e. The zero-order valence-electron chi connectivity index (χ0n) is 9.04. The molecule has 0 fully saturated rings. The van der Waals surface area contributed by atoms with E-state index in [9.17, 15) is 8.78 Å². The monoisotopic (exact) mass is 228 g/mol. The predicted octanol–water partition coefficient (Wildman–Crippen LogP) is 2.48. The highest BCUT2D eigenvalue weighted by atomic mass is 19.3. The average Bonchev–Trinajstić information content (AvgIpc) is 2.56. The van der Waals surface area contributed by atoms with Gasteiger partial charge in [-0.15, -0.1) is 0 Å². The van der Waals surface area contributed by atoms with Gasteiger partial charge in [0.15, 0.2) is 0 Å². The second kappa shape index (κ2) is 4.01. The van der Waals surface area contributed by atoms with Crippen LogP contribution >= 0.6 is 0 Å². The Bertz CT molecular complexity index is 391. The molecular weight excluding hydrogens is 214 g/mol. The lowest BCUT2D eigenvalue weighted by atomic mass is 10.0. The second-order valence-electron chi connectivity index (χ2n) is 4.13. The molecule has 88 valence electrons. The van der Waals surface area contributed by atoms with Crippen LogP contribution in [0.3, 0.4) is 0 Å². The van der Waals surface area contributed by atoms with Crippen molar-refractivity contribution in [3.05, 3.63) is 29.3 Å². The number of alkyl halides is 2. The smallest absolute Gasteiger partial charge is 0.275 e. The van der Waals surface area contributed by atoms with Crippen molar-refractivity contribution in [3.8, 4) is 5.75 Å². The first-order chi connectivity index (χ1) is 7.53. The summed E-state index contributed by atoms with van der Waals surface area (Å²) in [4.78, 5) is 0. The summed E-state index contributed by atoms with van der Waals surface area (Å²) in [6.45, 7) is 1.39. The van der Waals surface area contributed by atoms with E-state index in [2.05, 4.69) is 0 Å². The average molecular weight is 228 g/mol. The molecule has 0 saturated heterocycles. The van der Waals surface area contributed by atoms with Crippen molar-refractivity contribution in [1.29, 1.82) is 0 Å². The van der Waals surface area contributed by atoms with E-state index in [4.69, 9.17) is 9.84 Å². The number of halogens is 2. The van der Waals surface area contributed by atoms with Gasteiger partial charge in [0.1, 0.15) is 11.9 Å². The van der Waals surface area contributed by atoms with Gasteiger partial charge in [0.2, 0.25) is 0 Å². The highest BCUT2D eigenvalue weighted by Gasteiger charge is 2.32. The van der Waals surface area contributed by atoms with Gasteiger partial charge < -0.3 is 9.84 Å². The normalized spacial score (nSPS) is 19.4. The number of ether oxygens (including phenoxy) is 1. The van der Waals surface area contributed by atoms with E-state index in [0.29, 0.717) is 12.2 Å². The maximum absolute atomic E-state index is 13.5. The molecule has 2 nitrogen and oxygen atoms in total. The predicted molar refractivity (Wildman–Crippen MR) is 55.8 cm³/mol. The van der Waals surface area contributed by atoms with E-state index in [0.717, 1.165) is 5.56 Å². The van der Waals surface area contributed by atoms with Gasteiger partial charge in [-0.3, -0.25) is 0 Å². The summed E-state index contributed by atoms with van der Waals surface area (Å²) in [6.07, 6.45) is 0.178. The standard InChI is InChI=1S/C12H14F2O2/c1-8-6-9-7-10(2-3-11(9)16-8)12(13,14)4-5-15/h2-3,7-8,15H,4-6H2,1H3. The molecule has 1 aromatic carbocycles. The molecule has 4 heteroatoms. The number of benzene rings is 1. The van der Waals surface area contributed by atoms with Gasteiger partial charge in [-0.1, -0.05) is 0 Å². The third-order valence-corrected chi connectivity index (χ3v) is 2.74. The Balaban J connectivity index is 2.28. The molecule has 0 saturated carbocycles. The fourth-order valence-corrected chi connectivity index (χ4v) is 1.93. The Hall–Kier alpha value is -1.16. The maximum atomic E-state index is 13.5. The Kier molecular flexibility index (Phi) is 2.84. The molecule has 1 atom stereocenters. The number of aliphatic hydroxyl groups is 1. The second-order valence-corrected chi connectivity index (χ2v) is 4.13. The van der Waals surface area contributed by atoms with Gasteiger partial charge in [0.05, 0.1) is 0 Å². The molecule has 1 N–H and O–H groups in total. The molecule has 0 aromatic heterocycles. The quantitative estimate of drug-likeness (QED) is 0.861. The SMILES string of the molecule is CC1Cc2cc(C(F)(F)CCO)ccc2O1. The lowest BCUT2D eigenvalue weighted by Gasteiger charge is -2.15. The van der Waals surface area contributed by atoms with E-state index >= 15 is 0 Å². The molecule has 1 aliphatic rings. The van der Waals surface area contributed by atoms with E-state index in [1.807, 2.05) is 6.92 Å². The first-order valence-electron chi connectivity index (χ1n) is 5.31. The van der Waals surface area contributed by atoms with E-state index in [1.54, 1.807) is 6.07 Å². The molecule has 0 spiro atoms. The summed E-state index contributed by atoms with van der Waals surface area (Å²) in [5.74, 6) is -2.27. The molecule has 0 radical (unpaired) electrons. The Morgan fingerprint density at radius 3 is 2.94 bits per heavy atom. The van der Waals surface area contributed by atoms with Crippen LogP contribution in [0.1, 0.15) is 24.5 Å². The Morgan fingerprint density at radius 1 is 1.50 bits per heavy atom. The minimum atomic E-state index is -2.96. The van der Waals surface area contributed by atoms with Crippen LogP contribution in [-0.4, -0.2) is 17.8 Å². The molecule has 1 unspecified atom stereocenters. The first-order valence-corrected chi connectivity index (χ1v) is 5.31. The lowest BCUT2D eigenvalue weighted by Crippen LogP contribution is -2.15. The van der Waals surface area contributed by atoms with Gasteiger partial charge in [-0.2, -0.15) is 0 Å². The van der Waals surface area contributed by atoms with Crippen LogP contribution in [-0.2, 0) is 12.3 Å². The van der Waals surface area contributed by atoms with Gasteiger partial charge in [0, 0.05) is 25.0 Å². The van der Waals surface area contributed by atoms with Crippen molar-refractivity contribution in [1.82, 2.24) is 0 Å². The molecule has 0 bridgehead atoms. The molecule has 1 aromatic rings. The van der Waals surface area contributed by atoms with Gasteiger partial charge in [0.25, 0.3) is 5.92 Å². The highest BCUT2D eigenvalue weighted by Crippen LogP contribution is 2.36. The minimum Gasteiger partial charge on any atom is -0.490 e. The summed E-state index contributed by atoms with van der Waals surface area (Å²) in [6, 6.07) is 4.43. The lowest BCUT2D eigenvalue weighted by molar-refractivity contribution is -0.0270. The van der Waals surface area contributed by atoms with Gasteiger partial charge in [-0.25, -0.2) is 8.78 Å². The number of fused-ring (bicyclic) bond motifs is 1. The van der Waals surface area contributed by atoms with Crippen molar-refractivity contribution in [3.63, 3.8) is 0 Å². The van der Waals surface area contributed by atoms with Crippen molar-refractivity contribution in [2.24, 2.45) is 0 Å². The fourth-order valence-electron chi connectivity index (χ4n) is 1.93. The van der Waals surface area contributed by atoms with Crippen LogP contribution in [0.5, 0.6) is 5.75 Å². The number of rotatable bonds is 3. The van der Waals surface area contributed by atoms with Crippen LogP contribution in [0.15, 0.2) is 18.2 Å². The van der Waals surface area contributed by atoms with Crippen molar-refractivity contribution in [2.45, 2.75) is 31.8 Å². The van der Waals surface area contributed by atoms with Crippen LogP contribution < -0.4 is 4.74 Å².